The van der Waals surface area contributed by atoms with Crippen LogP contribution in [0.15, 0.2) is 0 Å². The standard InChI is InChI=1S/C17H35N3O/c1-6-8-14(4)20(5)12-10-15-9-7-11-17(15,16(18)21)19-13(2)3/h13-15,19H,6-12H2,1-5H3,(H2,18,21). The van der Waals surface area contributed by atoms with Gasteiger partial charge in [-0.1, -0.05) is 19.8 Å². The number of nitrogens with zero attached hydrogens (tertiary/aromatic N) is 1. The highest BCUT2D eigenvalue weighted by atomic mass is 16.1. The van der Waals surface area contributed by atoms with Crippen LogP contribution in [0.1, 0.15) is 66.2 Å². The van der Waals surface area contributed by atoms with Crippen molar-refractivity contribution in [3.05, 3.63) is 0 Å². The maximum Gasteiger partial charge on any atom is 0.238 e. The third-order valence-electron chi connectivity index (χ3n) is 5.10. The van der Waals surface area contributed by atoms with Gasteiger partial charge in [-0.2, -0.15) is 0 Å². The maximum atomic E-state index is 12.1. The summed E-state index contributed by atoms with van der Waals surface area (Å²) >= 11 is 0. The van der Waals surface area contributed by atoms with Crippen LogP contribution < -0.4 is 11.1 Å². The van der Waals surface area contributed by atoms with Gasteiger partial charge in [-0.25, -0.2) is 0 Å². The quantitative estimate of drug-likeness (QED) is 0.687. The van der Waals surface area contributed by atoms with E-state index in [4.69, 9.17) is 5.73 Å². The van der Waals surface area contributed by atoms with E-state index in [0.29, 0.717) is 12.0 Å². The molecule has 0 saturated heterocycles. The Morgan fingerprint density at radius 2 is 2.10 bits per heavy atom. The van der Waals surface area contributed by atoms with Gasteiger partial charge in [0, 0.05) is 12.1 Å². The Kier molecular flexibility index (Phi) is 7.14. The van der Waals surface area contributed by atoms with Crippen LogP contribution in [0.25, 0.3) is 0 Å². The van der Waals surface area contributed by atoms with Crippen molar-refractivity contribution in [2.45, 2.75) is 83.8 Å². The van der Waals surface area contributed by atoms with Crippen molar-refractivity contribution in [1.82, 2.24) is 10.2 Å². The summed E-state index contributed by atoms with van der Waals surface area (Å²) in [7, 11) is 2.19. The molecule has 0 aromatic carbocycles. The van der Waals surface area contributed by atoms with Crippen molar-refractivity contribution in [2.24, 2.45) is 11.7 Å². The first-order chi connectivity index (χ1) is 9.83. The second-order valence-electron chi connectivity index (χ2n) is 7.13. The van der Waals surface area contributed by atoms with Gasteiger partial charge in [0.2, 0.25) is 5.91 Å². The highest BCUT2D eigenvalue weighted by Crippen LogP contribution is 2.38. The summed E-state index contributed by atoms with van der Waals surface area (Å²) in [6, 6.07) is 0.896. The van der Waals surface area contributed by atoms with Gasteiger partial charge in [-0.3, -0.25) is 4.79 Å². The van der Waals surface area contributed by atoms with Gasteiger partial charge in [-0.05, 0) is 66.0 Å². The highest BCUT2D eigenvalue weighted by molar-refractivity contribution is 5.85. The average Bonchev–Trinajstić information content (AvgIpc) is 2.79. The minimum atomic E-state index is -0.483. The first-order valence-corrected chi connectivity index (χ1v) is 8.61. The number of rotatable bonds is 9. The molecule has 3 unspecified atom stereocenters. The summed E-state index contributed by atoms with van der Waals surface area (Å²) in [5.41, 5.74) is 5.29. The lowest BCUT2D eigenvalue weighted by molar-refractivity contribution is -0.126. The summed E-state index contributed by atoms with van der Waals surface area (Å²) in [5.74, 6) is 0.205. The predicted molar refractivity (Wildman–Crippen MR) is 89.2 cm³/mol. The van der Waals surface area contributed by atoms with E-state index in [9.17, 15) is 4.79 Å². The third-order valence-corrected chi connectivity index (χ3v) is 5.10. The number of primary amides is 1. The van der Waals surface area contributed by atoms with Gasteiger partial charge in [-0.15, -0.1) is 0 Å². The van der Waals surface area contributed by atoms with Crippen molar-refractivity contribution in [2.75, 3.05) is 13.6 Å². The van der Waals surface area contributed by atoms with Crippen LogP contribution in [-0.2, 0) is 4.79 Å². The molecule has 1 amide bonds. The fourth-order valence-corrected chi connectivity index (χ4v) is 3.79. The van der Waals surface area contributed by atoms with Crippen LogP contribution in [0.2, 0.25) is 0 Å². The van der Waals surface area contributed by atoms with Gasteiger partial charge in [0.05, 0.1) is 0 Å². The number of nitrogens with one attached hydrogen (secondary N) is 1. The Bertz CT molecular complexity index is 332. The molecule has 1 rings (SSSR count). The topological polar surface area (TPSA) is 58.4 Å². The zero-order valence-corrected chi connectivity index (χ0v) is 14.6. The Morgan fingerprint density at radius 1 is 1.43 bits per heavy atom. The molecular formula is C17H35N3O. The van der Waals surface area contributed by atoms with Crippen LogP contribution in [0.4, 0.5) is 0 Å². The minimum Gasteiger partial charge on any atom is -0.368 e. The third kappa shape index (κ3) is 4.68. The molecule has 3 atom stereocenters. The summed E-state index contributed by atoms with van der Waals surface area (Å²) in [4.78, 5) is 14.5. The predicted octanol–water partition coefficient (Wildman–Crippen LogP) is 2.52. The van der Waals surface area contributed by atoms with Gasteiger partial charge in [0.25, 0.3) is 0 Å². The smallest absolute Gasteiger partial charge is 0.238 e. The Morgan fingerprint density at radius 3 is 2.62 bits per heavy atom. The Labute approximate surface area is 130 Å². The number of carbonyl (C=O) groups excluding carboxylic acids is 1. The fourth-order valence-electron chi connectivity index (χ4n) is 3.79. The minimum absolute atomic E-state index is 0.164. The Hall–Kier alpha value is -0.610. The SMILES string of the molecule is CCCC(C)N(C)CCC1CCCC1(NC(C)C)C(N)=O. The number of amides is 1. The van der Waals surface area contributed by atoms with Crippen LogP contribution >= 0.6 is 0 Å². The summed E-state index contributed by atoms with van der Waals surface area (Å²) in [6.45, 7) is 9.74. The van der Waals surface area contributed by atoms with Gasteiger partial charge < -0.3 is 16.0 Å². The van der Waals surface area contributed by atoms with E-state index in [0.717, 1.165) is 32.2 Å². The lowest BCUT2D eigenvalue weighted by Crippen LogP contribution is -2.60. The second kappa shape index (κ2) is 8.14. The van der Waals surface area contributed by atoms with Crippen molar-refractivity contribution < 1.29 is 4.79 Å². The molecule has 0 radical (unpaired) electrons. The van der Waals surface area contributed by atoms with Crippen LogP contribution in [0.5, 0.6) is 0 Å². The molecule has 124 valence electrons. The van der Waals surface area contributed by atoms with Gasteiger partial charge in [0.15, 0.2) is 0 Å². The van der Waals surface area contributed by atoms with E-state index in [2.05, 4.69) is 45.0 Å². The number of hydrogen-bond donors (Lipinski definition) is 2. The van der Waals surface area contributed by atoms with E-state index in [1.54, 1.807) is 0 Å². The first kappa shape index (κ1) is 18.4. The molecule has 1 aliphatic rings. The van der Waals surface area contributed by atoms with Gasteiger partial charge >= 0.3 is 0 Å². The molecule has 0 aliphatic heterocycles. The van der Waals surface area contributed by atoms with Crippen LogP contribution in [0, 0.1) is 5.92 Å². The molecule has 1 aliphatic carbocycles. The van der Waals surface area contributed by atoms with Crippen LogP contribution in [-0.4, -0.2) is 42.0 Å². The van der Waals surface area contributed by atoms with E-state index in [1.165, 1.54) is 12.8 Å². The summed E-state index contributed by atoms with van der Waals surface area (Å²) in [5, 5.41) is 3.49. The molecule has 4 nitrogen and oxygen atoms in total. The van der Waals surface area contributed by atoms with E-state index >= 15 is 0 Å². The maximum absolute atomic E-state index is 12.1. The molecule has 0 spiro atoms. The van der Waals surface area contributed by atoms with Gasteiger partial charge in [0.1, 0.15) is 5.54 Å². The van der Waals surface area contributed by atoms with Crippen molar-refractivity contribution in [3.63, 3.8) is 0 Å². The van der Waals surface area contributed by atoms with Crippen molar-refractivity contribution >= 4 is 5.91 Å². The summed E-state index contributed by atoms with van der Waals surface area (Å²) in [6.07, 6.45) is 6.59. The lowest BCUT2D eigenvalue weighted by atomic mass is 9.83. The number of hydrogen-bond acceptors (Lipinski definition) is 3. The molecule has 1 fully saturated rings. The molecule has 0 aromatic heterocycles. The molecule has 0 aromatic rings. The lowest BCUT2D eigenvalue weighted by Gasteiger charge is -2.37. The average molecular weight is 297 g/mol. The first-order valence-electron chi connectivity index (χ1n) is 8.61. The molecule has 4 heteroatoms. The molecule has 0 heterocycles. The van der Waals surface area contributed by atoms with Crippen molar-refractivity contribution in [1.29, 1.82) is 0 Å². The normalized spacial score (nSPS) is 27.5. The fraction of sp³-hybridized carbons (Fsp3) is 0.941. The second-order valence-corrected chi connectivity index (χ2v) is 7.13. The van der Waals surface area contributed by atoms with Crippen molar-refractivity contribution in [3.8, 4) is 0 Å². The molecule has 0 bridgehead atoms. The largest absolute Gasteiger partial charge is 0.368 e. The number of carbonyl (C=O) groups is 1. The highest BCUT2D eigenvalue weighted by Gasteiger charge is 2.47. The number of nitrogens with two attached hydrogens (primary N) is 1. The van der Waals surface area contributed by atoms with E-state index < -0.39 is 5.54 Å². The Balaban J connectivity index is 2.65. The zero-order chi connectivity index (χ0) is 16.0. The molecule has 1 saturated carbocycles. The monoisotopic (exact) mass is 297 g/mol. The van der Waals surface area contributed by atoms with E-state index in [1.807, 2.05) is 0 Å². The molecule has 21 heavy (non-hydrogen) atoms. The van der Waals surface area contributed by atoms with Crippen LogP contribution in [0.3, 0.4) is 0 Å². The van der Waals surface area contributed by atoms with E-state index in [-0.39, 0.29) is 11.9 Å². The summed E-state index contributed by atoms with van der Waals surface area (Å²) < 4.78 is 0. The molecular weight excluding hydrogens is 262 g/mol. The molecule has 3 N–H and O–H groups in total. The zero-order valence-electron chi connectivity index (χ0n) is 14.6.